The molecule has 0 aliphatic carbocycles. The number of rotatable bonds is 0. The molecule has 0 rings (SSSR count). The Hall–Kier alpha value is 0.782. The third-order valence-corrected chi connectivity index (χ3v) is 0. The first-order valence-corrected chi connectivity index (χ1v) is 12.1. The summed E-state index contributed by atoms with van der Waals surface area (Å²) in [5.41, 5.74) is 0. The minimum absolute atomic E-state index is 1.08. The second-order valence-electron chi connectivity index (χ2n) is 1.33. The Morgan fingerprint density at radius 2 is 1.20 bits per heavy atom. The molecule has 0 fully saturated rings. The molecule has 0 N–H and O–H groups in total. The van der Waals surface area contributed by atoms with Gasteiger partial charge in [0.25, 0.3) is 0 Å². The molecule has 0 atom stereocenters. The molecule has 0 bridgehead atoms. The zero-order valence-electron chi connectivity index (χ0n) is 3.26. The second-order valence-corrected chi connectivity index (χ2v) is 11.6. The van der Waals surface area contributed by atoms with Gasteiger partial charge in [0.15, 0.2) is 0 Å². The molecule has 5 heavy (non-hydrogen) atoms. The Kier molecular flexibility index (Phi) is 1.72. The second kappa shape index (κ2) is 1.49. The van der Waals surface area contributed by atoms with Crippen molar-refractivity contribution in [1.29, 1.82) is 0 Å². The summed E-state index contributed by atoms with van der Waals surface area (Å²) in [5, 5.41) is 0. The summed E-state index contributed by atoms with van der Waals surface area (Å²) in [7, 11) is 0. The summed E-state index contributed by atoms with van der Waals surface area (Å²) in [6, 6.07) is 0. The van der Waals surface area contributed by atoms with E-state index in [0.29, 0.717) is 0 Å². The van der Waals surface area contributed by atoms with Crippen LogP contribution in [0.4, 0.5) is 5.02 Å². The fourth-order valence-corrected chi connectivity index (χ4v) is 0. The Morgan fingerprint density at radius 3 is 1.20 bits per heavy atom. The fraction of sp³-hybridized carbons (Fsp3) is 1.00. The maximum absolute atomic E-state index is 11.2. The summed E-state index contributed by atoms with van der Waals surface area (Å²) in [4.78, 5) is 0. The normalized spacial score (nSPS) is 12.0. The summed E-state index contributed by atoms with van der Waals surface area (Å²) in [6.07, 6.45) is 0. The Labute approximate surface area is 36.7 Å². The molecule has 32 valence electrons. The molecule has 0 amide bonds. The van der Waals surface area contributed by atoms with Crippen LogP contribution in [0.3, 0.4) is 0 Å². The molecule has 0 aromatic heterocycles. The topological polar surface area (TPSA) is 0 Å². The average Bonchev–Trinajstić information content (AvgIpc) is 0.722. The van der Waals surface area contributed by atoms with Crippen LogP contribution in [0.1, 0.15) is 0 Å². The van der Waals surface area contributed by atoms with Gasteiger partial charge >= 0.3 is 36.4 Å². The molecule has 0 aromatic carbocycles. The molecular weight excluding hydrogens is 269 g/mol. The molecule has 0 heterocycles. The quantitative estimate of drug-likeness (QED) is 0.589. The average molecular weight is 275 g/mol. The van der Waals surface area contributed by atoms with Crippen molar-refractivity contribution in [3.63, 3.8) is 0 Å². The van der Waals surface area contributed by atoms with Crippen molar-refractivity contribution in [2.45, 2.75) is 8.97 Å². The van der Waals surface area contributed by atoms with Crippen LogP contribution < -0.4 is 0 Å². The van der Waals surface area contributed by atoms with Gasteiger partial charge in [0.1, 0.15) is 0 Å². The zero-order chi connectivity index (χ0) is 4.50. The fourth-order valence-electron chi connectivity index (χ4n) is 0. The molecule has 0 saturated carbocycles. The van der Waals surface area contributed by atoms with Crippen LogP contribution in [0.2, 0.25) is 8.97 Å². The number of hydrogen-bond acceptors (Lipinski definition) is 0. The van der Waals surface area contributed by atoms with Gasteiger partial charge in [-0.15, -0.1) is 0 Å². The summed E-state index contributed by atoms with van der Waals surface area (Å²) < 4.78 is 24.6. The molecule has 0 spiro atoms. The van der Waals surface area contributed by atoms with Gasteiger partial charge in [-0.2, -0.15) is 0 Å². The Morgan fingerprint density at radius 1 is 1.20 bits per heavy atom. The van der Waals surface area contributed by atoms with E-state index in [1.54, 1.807) is 0 Å². The Bertz CT molecular complexity index is 23.1. The van der Waals surface area contributed by atoms with Gasteiger partial charge in [-0.25, -0.2) is 0 Å². The summed E-state index contributed by atoms with van der Waals surface area (Å²) >= 11 is -4.28. The van der Waals surface area contributed by atoms with Crippen molar-refractivity contribution in [3.05, 3.63) is 0 Å². The van der Waals surface area contributed by atoms with Gasteiger partial charge in [-0.3, -0.25) is 0 Å². The third-order valence-electron chi connectivity index (χ3n) is 0. The standard InChI is InChI=1S/2CH3.2FH.Pb/h2*1H3;2*1H;/q;;;;+2/p-2. The van der Waals surface area contributed by atoms with Gasteiger partial charge in [0.05, 0.1) is 0 Å². The van der Waals surface area contributed by atoms with E-state index >= 15 is 0 Å². The first-order chi connectivity index (χ1) is 2.00. The molecule has 3 heteroatoms. The molecule has 0 radical (unpaired) electrons. The minimum atomic E-state index is -4.28. The van der Waals surface area contributed by atoms with Crippen LogP contribution in [-0.2, 0) is 0 Å². The van der Waals surface area contributed by atoms with Crippen LogP contribution in [0.5, 0.6) is 0 Å². The monoisotopic (exact) mass is 276 g/mol. The van der Waals surface area contributed by atoms with Crippen molar-refractivity contribution in [2.24, 2.45) is 0 Å². The predicted molar refractivity (Wildman–Crippen MR) is 19.7 cm³/mol. The van der Waals surface area contributed by atoms with Gasteiger partial charge in [0.2, 0.25) is 0 Å². The van der Waals surface area contributed by atoms with E-state index in [-0.39, 0.29) is 0 Å². The van der Waals surface area contributed by atoms with Crippen LogP contribution in [-0.4, -0.2) is 22.4 Å². The van der Waals surface area contributed by atoms with Gasteiger partial charge in [-0.05, 0) is 0 Å². The van der Waals surface area contributed by atoms with Crippen molar-refractivity contribution in [3.8, 4) is 0 Å². The summed E-state index contributed by atoms with van der Waals surface area (Å²) in [6.45, 7) is 0. The number of hydrogen-bond donors (Lipinski definition) is 0. The van der Waals surface area contributed by atoms with Crippen LogP contribution in [0.25, 0.3) is 0 Å². The van der Waals surface area contributed by atoms with Crippen LogP contribution in [0, 0.1) is 0 Å². The summed E-state index contributed by atoms with van der Waals surface area (Å²) in [5.74, 6) is 0. The molecule has 0 nitrogen and oxygen atoms in total. The van der Waals surface area contributed by atoms with E-state index in [0.717, 1.165) is 8.97 Å². The SMILES string of the molecule is [CH3][Pb]([CH3])([F])[F]. The van der Waals surface area contributed by atoms with E-state index < -0.39 is 22.4 Å². The first kappa shape index (κ1) is 5.78. The van der Waals surface area contributed by atoms with E-state index in [2.05, 4.69) is 0 Å². The Balaban J connectivity index is 3.02. The molecule has 0 aromatic rings. The molecular formula is C2H6F2Pb. The predicted octanol–water partition coefficient (Wildman–Crippen LogP) is 1.63. The van der Waals surface area contributed by atoms with Gasteiger partial charge in [0, 0.05) is 0 Å². The van der Waals surface area contributed by atoms with Crippen molar-refractivity contribution in [1.82, 2.24) is 0 Å². The van der Waals surface area contributed by atoms with Gasteiger partial charge < -0.3 is 0 Å². The van der Waals surface area contributed by atoms with Crippen molar-refractivity contribution in [2.75, 3.05) is 0 Å². The first-order valence-electron chi connectivity index (χ1n) is 1.38. The van der Waals surface area contributed by atoms with Crippen LogP contribution >= 0.6 is 0 Å². The molecule has 0 aliphatic rings. The van der Waals surface area contributed by atoms with E-state index in [1.807, 2.05) is 0 Å². The van der Waals surface area contributed by atoms with Gasteiger partial charge in [-0.1, -0.05) is 0 Å². The molecule has 0 saturated heterocycles. The van der Waals surface area contributed by atoms with Crippen molar-refractivity contribution < 1.29 is 5.02 Å². The van der Waals surface area contributed by atoms with Crippen molar-refractivity contribution >= 4 is 22.4 Å². The number of halogens is 2. The molecule has 0 aliphatic heterocycles. The maximum atomic E-state index is 11.2. The van der Waals surface area contributed by atoms with Crippen LogP contribution in [0.15, 0.2) is 0 Å². The molecule has 0 unspecified atom stereocenters. The third kappa shape index (κ3) is 60.5. The van der Waals surface area contributed by atoms with E-state index in [4.69, 9.17) is 0 Å². The zero-order valence-corrected chi connectivity index (χ0v) is 7.14. The van der Waals surface area contributed by atoms with E-state index in [9.17, 15) is 5.02 Å². The van der Waals surface area contributed by atoms with E-state index in [1.165, 1.54) is 0 Å².